The van der Waals surface area contributed by atoms with Crippen molar-refractivity contribution in [2.45, 2.75) is 18.4 Å². The standard InChI is InChI=1S/C20H16N2O7S/c1-14-9-11-15(12-10-14)30(27,28)29-13-18-16(6-4-8-20(18)22(25)26)17-5-2-3-7-19(17)21(23)24/h2-12H,13H2,1H3. The van der Waals surface area contributed by atoms with Crippen molar-refractivity contribution in [1.29, 1.82) is 0 Å². The first-order chi connectivity index (χ1) is 14.2. The van der Waals surface area contributed by atoms with Crippen LogP contribution in [-0.2, 0) is 20.9 Å². The van der Waals surface area contributed by atoms with Gasteiger partial charge in [0.15, 0.2) is 0 Å². The molecule has 3 rings (SSSR count). The summed E-state index contributed by atoms with van der Waals surface area (Å²) in [4.78, 5) is 21.5. The zero-order chi connectivity index (χ0) is 21.9. The van der Waals surface area contributed by atoms with Crippen LogP contribution in [0.2, 0.25) is 0 Å². The van der Waals surface area contributed by atoms with Crippen molar-refractivity contribution in [3.05, 3.63) is 98.1 Å². The molecule has 30 heavy (non-hydrogen) atoms. The zero-order valence-electron chi connectivity index (χ0n) is 15.7. The molecule has 0 saturated heterocycles. The summed E-state index contributed by atoms with van der Waals surface area (Å²) in [6.07, 6.45) is 0. The fraction of sp³-hybridized carbons (Fsp3) is 0.100. The lowest BCUT2D eigenvalue weighted by molar-refractivity contribution is -0.385. The third kappa shape index (κ3) is 4.34. The van der Waals surface area contributed by atoms with Crippen molar-refractivity contribution in [1.82, 2.24) is 0 Å². The predicted molar refractivity (Wildman–Crippen MR) is 108 cm³/mol. The molecule has 3 aromatic rings. The maximum absolute atomic E-state index is 12.5. The lowest BCUT2D eigenvalue weighted by Crippen LogP contribution is -2.09. The highest BCUT2D eigenvalue weighted by atomic mass is 32.2. The van der Waals surface area contributed by atoms with Gasteiger partial charge in [-0.3, -0.25) is 24.4 Å². The smallest absolute Gasteiger partial charge is 0.261 e. The number of rotatable bonds is 7. The van der Waals surface area contributed by atoms with Gasteiger partial charge in [0, 0.05) is 17.7 Å². The third-order valence-corrected chi connectivity index (χ3v) is 5.68. The first-order valence-electron chi connectivity index (χ1n) is 8.67. The van der Waals surface area contributed by atoms with E-state index in [2.05, 4.69) is 0 Å². The highest BCUT2D eigenvalue weighted by molar-refractivity contribution is 7.86. The van der Waals surface area contributed by atoms with Gasteiger partial charge in [-0.05, 0) is 25.1 Å². The van der Waals surface area contributed by atoms with Gasteiger partial charge in [0.05, 0.1) is 32.5 Å². The first kappa shape index (κ1) is 21.1. The minimum atomic E-state index is -4.20. The third-order valence-electron chi connectivity index (χ3n) is 4.41. The molecule has 0 heterocycles. The number of hydrogen-bond acceptors (Lipinski definition) is 7. The number of nitro benzene ring substituents is 2. The second-order valence-electron chi connectivity index (χ2n) is 6.36. The van der Waals surface area contributed by atoms with Crippen molar-refractivity contribution in [2.24, 2.45) is 0 Å². The Labute approximate surface area is 172 Å². The van der Waals surface area contributed by atoms with Crippen LogP contribution in [0, 0.1) is 27.2 Å². The largest absolute Gasteiger partial charge is 0.297 e. The molecule has 0 N–H and O–H groups in total. The molecule has 9 nitrogen and oxygen atoms in total. The summed E-state index contributed by atoms with van der Waals surface area (Å²) in [5, 5.41) is 22.9. The molecule has 0 aliphatic rings. The summed E-state index contributed by atoms with van der Waals surface area (Å²) in [5.74, 6) is 0. The van der Waals surface area contributed by atoms with E-state index in [1.165, 1.54) is 48.5 Å². The van der Waals surface area contributed by atoms with E-state index in [-0.39, 0.29) is 27.3 Å². The van der Waals surface area contributed by atoms with E-state index >= 15 is 0 Å². The Morgan fingerprint density at radius 1 is 0.800 bits per heavy atom. The fourth-order valence-corrected chi connectivity index (χ4v) is 3.80. The van der Waals surface area contributed by atoms with Gasteiger partial charge in [0.2, 0.25) is 0 Å². The minimum Gasteiger partial charge on any atom is -0.261 e. The molecule has 10 heteroatoms. The Bertz CT molecular complexity index is 1220. The molecular formula is C20H16N2O7S. The zero-order valence-corrected chi connectivity index (χ0v) is 16.5. The SMILES string of the molecule is Cc1ccc(S(=O)(=O)OCc2c(-c3ccccc3[N+](=O)[O-])cccc2[N+](=O)[O-])cc1. The Morgan fingerprint density at radius 3 is 2.00 bits per heavy atom. The molecule has 0 fully saturated rings. The van der Waals surface area contributed by atoms with Gasteiger partial charge in [0.25, 0.3) is 21.5 Å². The molecule has 0 unspecified atom stereocenters. The minimum absolute atomic E-state index is 0.0764. The Balaban J connectivity index is 2.07. The van der Waals surface area contributed by atoms with E-state index in [9.17, 15) is 28.6 Å². The molecular weight excluding hydrogens is 412 g/mol. The number of nitrogens with zero attached hydrogens (tertiary/aromatic N) is 2. The van der Waals surface area contributed by atoms with Crippen molar-refractivity contribution < 1.29 is 22.4 Å². The van der Waals surface area contributed by atoms with E-state index in [1.54, 1.807) is 25.1 Å². The number of aryl methyl sites for hydroxylation is 1. The topological polar surface area (TPSA) is 130 Å². The molecule has 0 aliphatic carbocycles. The summed E-state index contributed by atoms with van der Waals surface area (Å²) in [6, 6.07) is 15.7. The maximum atomic E-state index is 12.5. The highest BCUT2D eigenvalue weighted by Crippen LogP contribution is 2.36. The summed E-state index contributed by atoms with van der Waals surface area (Å²) in [5.41, 5.74) is 0.386. The lowest BCUT2D eigenvalue weighted by Gasteiger charge is -2.12. The molecule has 0 aliphatic heterocycles. The first-order valence-corrected chi connectivity index (χ1v) is 10.1. The second kappa shape index (κ2) is 8.39. The summed E-state index contributed by atoms with van der Waals surface area (Å²) in [7, 11) is -4.20. The number of para-hydroxylation sites is 1. The van der Waals surface area contributed by atoms with Crippen molar-refractivity contribution >= 4 is 21.5 Å². The molecule has 0 spiro atoms. The van der Waals surface area contributed by atoms with Crippen LogP contribution in [0.5, 0.6) is 0 Å². The fourth-order valence-electron chi connectivity index (χ4n) is 2.92. The average molecular weight is 428 g/mol. The van der Waals surface area contributed by atoms with Gasteiger partial charge in [-0.2, -0.15) is 8.42 Å². The van der Waals surface area contributed by atoms with E-state index in [0.717, 1.165) is 5.56 Å². The van der Waals surface area contributed by atoms with Crippen molar-refractivity contribution in [3.8, 4) is 11.1 Å². The average Bonchev–Trinajstić information content (AvgIpc) is 2.72. The van der Waals surface area contributed by atoms with Gasteiger partial charge < -0.3 is 0 Å². The molecule has 154 valence electrons. The van der Waals surface area contributed by atoms with Crippen LogP contribution in [0.15, 0.2) is 71.6 Å². The second-order valence-corrected chi connectivity index (χ2v) is 7.98. The molecule has 0 radical (unpaired) electrons. The van der Waals surface area contributed by atoms with Crippen molar-refractivity contribution in [3.63, 3.8) is 0 Å². The molecule has 0 atom stereocenters. The number of nitro groups is 2. The van der Waals surface area contributed by atoms with E-state index < -0.39 is 32.3 Å². The van der Waals surface area contributed by atoms with Crippen LogP contribution in [0.3, 0.4) is 0 Å². The van der Waals surface area contributed by atoms with Gasteiger partial charge in [-0.15, -0.1) is 0 Å². The van der Waals surface area contributed by atoms with Crippen LogP contribution in [0.4, 0.5) is 11.4 Å². The monoisotopic (exact) mass is 428 g/mol. The lowest BCUT2D eigenvalue weighted by atomic mass is 9.97. The van der Waals surface area contributed by atoms with Crippen LogP contribution >= 0.6 is 0 Å². The van der Waals surface area contributed by atoms with Crippen LogP contribution in [0.1, 0.15) is 11.1 Å². The molecule has 0 bridgehead atoms. The summed E-state index contributed by atoms with van der Waals surface area (Å²) in [6.45, 7) is 1.14. The molecule has 0 saturated carbocycles. The Kier molecular flexibility index (Phi) is 5.90. The normalized spacial score (nSPS) is 11.2. The van der Waals surface area contributed by atoms with Gasteiger partial charge in [-0.1, -0.05) is 42.0 Å². The molecule has 0 aromatic heterocycles. The van der Waals surface area contributed by atoms with E-state index in [0.29, 0.717) is 0 Å². The highest BCUT2D eigenvalue weighted by Gasteiger charge is 2.25. The maximum Gasteiger partial charge on any atom is 0.297 e. The Hall–Kier alpha value is -3.63. The summed E-state index contributed by atoms with van der Waals surface area (Å²) < 4.78 is 30.1. The Morgan fingerprint density at radius 2 is 1.37 bits per heavy atom. The van der Waals surface area contributed by atoms with Gasteiger partial charge >= 0.3 is 0 Å². The van der Waals surface area contributed by atoms with Crippen LogP contribution in [0.25, 0.3) is 11.1 Å². The van der Waals surface area contributed by atoms with Gasteiger partial charge in [0.1, 0.15) is 0 Å². The quantitative estimate of drug-likeness (QED) is 0.310. The van der Waals surface area contributed by atoms with Crippen LogP contribution < -0.4 is 0 Å². The molecule has 3 aromatic carbocycles. The number of benzene rings is 3. The molecule has 0 amide bonds. The van der Waals surface area contributed by atoms with E-state index in [1.807, 2.05) is 0 Å². The van der Waals surface area contributed by atoms with Crippen LogP contribution in [-0.4, -0.2) is 18.3 Å². The van der Waals surface area contributed by atoms with E-state index in [4.69, 9.17) is 4.18 Å². The van der Waals surface area contributed by atoms with Crippen molar-refractivity contribution in [2.75, 3.05) is 0 Å². The number of hydrogen-bond donors (Lipinski definition) is 0. The summed E-state index contributed by atoms with van der Waals surface area (Å²) >= 11 is 0. The predicted octanol–water partition coefficient (Wildman–Crippen LogP) is 4.38. The van der Waals surface area contributed by atoms with Gasteiger partial charge in [-0.25, -0.2) is 0 Å².